The molecule has 3 rings (SSSR count). The molecule has 2 aliphatic rings. The van der Waals surface area contributed by atoms with Gasteiger partial charge in [-0.2, -0.15) is 0 Å². The zero-order valence-corrected chi connectivity index (χ0v) is 18.4. The van der Waals surface area contributed by atoms with E-state index in [1.54, 1.807) is 0 Å². The Morgan fingerprint density at radius 2 is 1.71 bits per heavy atom. The number of carbonyl (C=O) groups is 1. The van der Waals surface area contributed by atoms with Gasteiger partial charge in [0, 0.05) is 19.1 Å². The Morgan fingerprint density at radius 1 is 1.00 bits per heavy atom. The molecule has 1 aromatic carbocycles. The Morgan fingerprint density at radius 3 is 2.43 bits per heavy atom. The molecule has 2 saturated heterocycles. The van der Waals surface area contributed by atoms with Gasteiger partial charge in [-0.05, 0) is 88.7 Å². The molecule has 2 heterocycles. The van der Waals surface area contributed by atoms with Crippen LogP contribution in [0.2, 0.25) is 0 Å². The largest absolute Gasteiger partial charge is 0.484 e. The molecule has 0 radical (unpaired) electrons. The van der Waals surface area contributed by atoms with Gasteiger partial charge >= 0.3 is 0 Å². The third-order valence-electron chi connectivity index (χ3n) is 6.27. The quantitative estimate of drug-likeness (QED) is 0.680. The molecule has 0 aromatic heterocycles. The first-order chi connectivity index (χ1) is 13.1. The van der Waals surface area contributed by atoms with Crippen LogP contribution >= 0.6 is 12.4 Å². The minimum absolute atomic E-state index is 0. The number of carbonyl (C=O) groups excluding carboxylic acids is 1. The Balaban J connectivity index is 0.00000280. The Labute approximate surface area is 177 Å². The molecule has 1 aromatic rings. The second-order valence-electron chi connectivity index (χ2n) is 8.32. The van der Waals surface area contributed by atoms with Crippen LogP contribution < -0.4 is 4.74 Å². The van der Waals surface area contributed by atoms with Crippen LogP contribution in [-0.2, 0) is 4.79 Å². The number of benzene rings is 1. The number of piperidine rings is 1. The fraction of sp³-hybridized carbons (Fsp3) is 0.696. The number of amides is 1. The first-order valence-corrected chi connectivity index (χ1v) is 10.9. The van der Waals surface area contributed by atoms with Gasteiger partial charge in [-0.3, -0.25) is 4.79 Å². The minimum atomic E-state index is 0. The number of hydrogen-bond acceptors (Lipinski definition) is 3. The van der Waals surface area contributed by atoms with E-state index in [-0.39, 0.29) is 24.9 Å². The number of ether oxygens (including phenoxy) is 1. The molecule has 0 spiro atoms. The lowest BCUT2D eigenvalue weighted by atomic mass is 9.99. The van der Waals surface area contributed by atoms with Crippen LogP contribution in [0.25, 0.3) is 0 Å². The maximum absolute atomic E-state index is 12.8. The van der Waals surface area contributed by atoms with Gasteiger partial charge in [0.1, 0.15) is 5.75 Å². The zero-order chi connectivity index (χ0) is 19.1. The van der Waals surface area contributed by atoms with E-state index in [0.717, 1.165) is 38.1 Å². The molecule has 0 aliphatic carbocycles. The molecule has 0 bridgehead atoms. The van der Waals surface area contributed by atoms with Crippen molar-refractivity contribution in [3.8, 4) is 5.75 Å². The van der Waals surface area contributed by atoms with Crippen molar-refractivity contribution < 1.29 is 9.53 Å². The van der Waals surface area contributed by atoms with E-state index >= 15 is 0 Å². The average molecular weight is 409 g/mol. The van der Waals surface area contributed by atoms with E-state index in [4.69, 9.17) is 4.74 Å². The van der Waals surface area contributed by atoms with Crippen molar-refractivity contribution in [3.63, 3.8) is 0 Å². The van der Waals surface area contributed by atoms with Crippen molar-refractivity contribution in [2.45, 2.75) is 71.3 Å². The van der Waals surface area contributed by atoms with Crippen LogP contribution in [0.5, 0.6) is 5.75 Å². The summed E-state index contributed by atoms with van der Waals surface area (Å²) in [5.41, 5.74) is 2.45. The smallest absolute Gasteiger partial charge is 0.260 e. The molecule has 158 valence electrons. The number of hydrogen-bond donors (Lipinski definition) is 0. The van der Waals surface area contributed by atoms with Gasteiger partial charge < -0.3 is 14.5 Å². The second kappa shape index (κ2) is 11.7. The molecule has 1 unspecified atom stereocenters. The number of nitrogens with zero attached hydrogens (tertiary/aromatic N) is 2. The zero-order valence-electron chi connectivity index (χ0n) is 17.6. The molecule has 0 saturated carbocycles. The summed E-state index contributed by atoms with van der Waals surface area (Å²) in [7, 11) is 0. The van der Waals surface area contributed by atoms with Gasteiger partial charge in [0.05, 0.1) is 0 Å². The van der Waals surface area contributed by atoms with Crippen molar-refractivity contribution in [1.29, 1.82) is 0 Å². The number of likely N-dealkylation sites (tertiary alicyclic amines) is 2. The molecule has 5 heteroatoms. The normalized spacial score (nSPS) is 20.9. The van der Waals surface area contributed by atoms with E-state index in [0.29, 0.717) is 6.04 Å². The van der Waals surface area contributed by atoms with Crippen molar-refractivity contribution in [3.05, 3.63) is 29.3 Å². The van der Waals surface area contributed by atoms with Crippen LogP contribution in [0.3, 0.4) is 0 Å². The summed E-state index contributed by atoms with van der Waals surface area (Å²) in [4.78, 5) is 17.5. The summed E-state index contributed by atoms with van der Waals surface area (Å²) < 4.78 is 5.81. The van der Waals surface area contributed by atoms with E-state index in [1.807, 2.05) is 12.1 Å². The highest BCUT2D eigenvalue weighted by atomic mass is 35.5. The van der Waals surface area contributed by atoms with Gasteiger partial charge in [-0.25, -0.2) is 0 Å². The third-order valence-corrected chi connectivity index (χ3v) is 6.27. The highest BCUT2D eigenvalue weighted by Crippen LogP contribution is 2.22. The lowest BCUT2D eigenvalue weighted by Gasteiger charge is -2.37. The van der Waals surface area contributed by atoms with Crippen LogP contribution in [0.1, 0.15) is 62.5 Å². The molecule has 0 N–H and O–H groups in total. The molecule has 2 fully saturated rings. The van der Waals surface area contributed by atoms with Crippen LogP contribution in [0.4, 0.5) is 0 Å². The monoisotopic (exact) mass is 408 g/mol. The van der Waals surface area contributed by atoms with E-state index in [1.165, 1.54) is 56.3 Å². The van der Waals surface area contributed by atoms with Crippen molar-refractivity contribution in [1.82, 2.24) is 9.80 Å². The summed E-state index contributed by atoms with van der Waals surface area (Å²) >= 11 is 0. The maximum atomic E-state index is 12.8. The topological polar surface area (TPSA) is 32.8 Å². The van der Waals surface area contributed by atoms with Gasteiger partial charge in [-0.1, -0.05) is 18.9 Å². The van der Waals surface area contributed by atoms with Gasteiger partial charge in [0.25, 0.3) is 5.91 Å². The highest BCUT2D eigenvalue weighted by Gasteiger charge is 2.27. The summed E-state index contributed by atoms with van der Waals surface area (Å²) in [6, 6.07) is 6.43. The van der Waals surface area contributed by atoms with Gasteiger partial charge in [0.2, 0.25) is 0 Å². The number of rotatable bonds is 6. The van der Waals surface area contributed by atoms with Crippen molar-refractivity contribution in [2.24, 2.45) is 0 Å². The standard InChI is InChI=1S/C23H36N2O2.ClH/c1-19-10-11-22(17-20(19)2)27-18-23(26)25-15-8-5-9-21(25)12-16-24-13-6-3-4-7-14-24;/h10-11,17,21H,3-9,12-16,18H2,1-2H3;1H. The van der Waals surface area contributed by atoms with Crippen molar-refractivity contribution in [2.75, 3.05) is 32.8 Å². The van der Waals surface area contributed by atoms with Gasteiger partial charge in [0.15, 0.2) is 6.61 Å². The summed E-state index contributed by atoms with van der Waals surface area (Å²) in [6.45, 7) is 8.81. The molecule has 28 heavy (non-hydrogen) atoms. The predicted molar refractivity (Wildman–Crippen MR) is 118 cm³/mol. The fourth-order valence-corrected chi connectivity index (χ4v) is 4.35. The van der Waals surface area contributed by atoms with Crippen molar-refractivity contribution >= 4 is 18.3 Å². The molecule has 4 nitrogen and oxygen atoms in total. The second-order valence-corrected chi connectivity index (χ2v) is 8.32. The minimum Gasteiger partial charge on any atom is -0.484 e. The Kier molecular flexibility index (Phi) is 9.60. The lowest BCUT2D eigenvalue weighted by molar-refractivity contribution is -0.137. The van der Waals surface area contributed by atoms with E-state index < -0.39 is 0 Å². The SMILES string of the molecule is Cc1ccc(OCC(=O)N2CCCCC2CCN2CCCCCC2)cc1C.Cl. The van der Waals surface area contributed by atoms with Gasteiger partial charge in [-0.15, -0.1) is 12.4 Å². The number of aryl methyl sites for hydroxylation is 2. The molecule has 1 atom stereocenters. The van der Waals surface area contributed by atoms with Crippen LogP contribution in [-0.4, -0.2) is 54.5 Å². The van der Waals surface area contributed by atoms with Crippen LogP contribution in [0.15, 0.2) is 18.2 Å². The highest BCUT2D eigenvalue weighted by molar-refractivity contribution is 5.85. The molecular formula is C23H37ClN2O2. The Hall–Kier alpha value is -1.26. The summed E-state index contributed by atoms with van der Waals surface area (Å²) in [6.07, 6.45) is 10.0. The number of halogens is 1. The predicted octanol–water partition coefficient (Wildman–Crippen LogP) is 4.75. The van der Waals surface area contributed by atoms with Crippen LogP contribution in [0, 0.1) is 13.8 Å². The molecular weight excluding hydrogens is 372 g/mol. The first-order valence-electron chi connectivity index (χ1n) is 10.9. The first kappa shape index (κ1) is 23.0. The third kappa shape index (κ3) is 6.66. The fourth-order valence-electron chi connectivity index (χ4n) is 4.35. The average Bonchev–Trinajstić information content (AvgIpc) is 2.96. The van der Waals surface area contributed by atoms with E-state index in [2.05, 4.69) is 29.7 Å². The Bertz CT molecular complexity index is 615. The summed E-state index contributed by atoms with van der Waals surface area (Å²) in [5.74, 6) is 0.943. The maximum Gasteiger partial charge on any atom is 0.260 e. The van der Waals surface area contributed by atoms with E-state index in [9.17, 15) is 4.79 Å². The molecule has 1 amide bonds. The lowest BCUT2D eigenvalue weighted by Crippen LogP contribution is -2.47. The molecule has 2 aliphatic heterocycles. The summed E-state index contributed by atoms with van der Waals surface area (Å²) in [5, 5.41) is 0.